The van der Waals surface area contributed by atoms with Crippen LogP contribution in [-0.2, 0) is 32.4 Å². The van der Waals surface area contributed by atoms with Gasteiger partial charge in [0.2, 0.25) is 11.8 Å². The number of aryl methyl sites for hydroxylation is 3. The number of primary amides is 1. The number of carbonyl (C=O) groups excluding carboxylic acids is 1. The number of amides is 1. The lowest BCUT2D eigenvalue weighted by Crippen LogP contribution is -2.20. The second kappa shape index (κ2) is 13.5. The van der Waals surface area contributed by atoms with Crippen molar-refractivity contribution >= 4 is 17.2 Å². The molecule has 11 heteroatoms. The zero-order valence-corrected chi connectivity index (χ0v) is 25.4. The molecule has 0 spiro atoms. The molecule has 0 aliphatic rings. The normalized spacial score (nSPS) is 11.4. The fraction of sp³-hybridized carbons (Fsp3) is 0.273. The van der Waals surface area contributed by atoms with Crippen LogP contribution in [0.5, 0.6) is 0 Å². The molecule has 0 unspecified atom stereocenters. The van der Waals surface area contributed by atoms with Crippen molar-refractivity contribution in [2.75, 3.05) is 0 Å². The summed E-state index contributed by atoms with van der Waals surface area (Å²) in [5.74, 6) is -1.93. The Labute approximate surface area is 257 Å². The number of aromatic nitrogens is 3. The van der Waals surface area contributed by atoms with E-state index in [4.69, 9.17) is 15.1 Å². The van der Waals surface area contributed by atoms with Gasteiger partial charge in [0, 0.05) is 35.3 Å². The lowest BCUT2D eigenvalue weighted by atomic mass is 9.91. The molecule has 0 fully saturated rings. The molecule has 0 radical (unpaired) electrons. The van der Waals surface area contributed by atoms with E-state index in [1.807, 2.05) is 26.0 Å². The van der Waals surface area contributed by atoms with E-state index in [0.29, 0.717) is 71.9 Å². The summed E-state index contributed by atoms with van der Waals surface area (Å²) in [4.78, 5) is 19.8. The molecule has 0 aliphatic carbocycles. The minimum Gasteiger partial charge on any atom is -0.421 e. The summed E-state index contributed by atoms with van der Waals surface area (Å²) < 4.78 is 46.4. The van der Waals surface area contributed by atoms with Gasteiger partial charge in [0.15, 0.2) is 11.6 Å². The van der Waals surface area contributed by atoms with Gasteiger partial charge in [-0.05, 0) is 72.7 Å². The molecule has 0 aliphatic heterocycles. The van der Waals surface area contributed by atoms with Gasteiger partial charge in [-0.15, -0.1) is 21.5 Å². The molecule has 5 aromatic rings. The Morgan fingerprint density at radius 1 is 0.909 bits per heavy atom. The van der Waals surface area contributed by atoms with Gasteiger partial charge < -0.3 is 15.5 Å². The quantitative estimate of drug-likeness (QED) is 0.156. The molecule has 2 aromatic carbocycles. The fourth-order valence-corrected chi connectivity index (χ4v) is 6.08. The average Bonchev–Trinajstić information content (AvgIpc) is 3.62. The number of halogens is 3. The maximum Gasteiger partial charge on any atom is 0.251 e. The van der Waals surface area contributed by atoms with Gasteiger partial charge in [0.1, 0.15) is 5.82 Å². The standard InChI is InChI=1S/C33H32F3N5O2S/c1-18(2)14-27-29(32(37)42)31(28-13-10-23(44-28)17-38-16-21-6-11-24(35)25(36)15-21)30(33-41-40-19(3)43-33)26(39-27)12-7-20-4-8-22(34)9-5-20/h4-6,8-11,13,15,18,38H,7,12,14,16-17H2,1-3H3,(H2,37,42). The molecule has 7 nitrogen and oxygen atoms in total. The lowest BCUT2D eigenvalue weighted by Gasteiger charge is -2.19. The number of pyridine rings is 1. The zero-order chi connectivity index (χ0) is 31.4. The average molecular weight is 620 g/mol. The highest BCUT2D eigenvalue weighted by Crippen LogP contribution is 2.41. The van der Waals surface area contributed by atoms with E-state index in [2.05, 4.69) is 15.5 Å². The van der Waals surface area contributed by atoms with Crippen molar-refractivity contribution in [3.63, 3.8) is 0 Å². The molecule has 0 atom stereocenters. The largest absolute Gasteiger partial charge is 0.421 e. The van der Waals surface area contributed by atoms with Crippen LogP contribution in [0.1, 0.15) is 57.5 Å². The van der Waals surface area contributed by atoms with Gasteiger partial charge in [0.25, 0.3) is 5.91 Å². The van der Waals surface area contributed by atoms with Crippen molar-refractivity contribution in [1.29, 1.82) is 0 Å². The third-order valence-corrected chi connectivity index (χ3v) is 8.12. The van der Waals surface area contributed by atoms with Crippen molar-refractivity contribution in [3.05, 3.63) is 111 Å². The number of carbonyl (C=O) groups is 1. The summed E-state index contributed by atoms with van der Waals surface area (Å²) in [6, 6.07) is 14.0. The first-order valence-corrected chi connectivity index (χ1v) is 15.0. The van der Waals surface area contributed by atoms with E-state index in [1.54, 1.807) is 19.1 Å². The first-order valence-electron chi connectivity index (χ1n) is 14.2. The summed E-state index contributed by atoms with van der Waals surface area (Å²) in [6.45, 7) is 6.56. The summed E-state index contributed by atoms with van der Waals surface area (Å²) in [6.07, 6.45) is 1.55. The number of nitrogens with zero attached hydrogens (tertiary/aromatic N) is 3. The van der Waals surface area contributed by atoms with Crippen molar-refractivity contribution in [2.45, 2.75) is 53.1 Å². The number of nitrogens with two attached hydrogens (primary N) is 1. The molecule has 0 saturated heterocycles. The second-order valence-corrected chi connectivity index (χ2v) is 12.1. The third kappa shape index (κ3) is 7.23. The van der Waals surface area contributed by atoms with Crippen LogP contribution in [0, 0.1) is 30.3 Å². The van der Waals surface area contributed by atoms with Crippen LogP contribution in [0.3, 0.4) is 0 Å². The summed E-state index contributed by atoms with van der Waals surface area (Å²) in [5, 5.41) is 11.6. The fourth-order valence-electron chi connectivity index (χ4n) is 5.04. The number of nitrogens with one attached hydrogen (secondary N) is 1. The van der Waals surface area contributed by atoms with Crippen LogP contribution >= 0.6 is 11.3 Å². The molecule has 5 rings (SSSR count). The van der Waals surface area contributed by atoms with Crippen LogP contribution in [0.25, 0.3) is 21.9 Å². The number of hydrogen-bond donors (Lipinski definition) is 2. The highest BCUT2D eigenvalue weighted by atomic mass is 32.1. The van der Waals surface area contributed by atoms with Crippen molar-refractivity contribution < 1.29 is 22.4 Å². The molecule has 0 saturated carbocycles. The SMILES string of the molecule is Cc1nnc(-c2c(CCc3ccc(F)cc3)nc(CC(C)C)c(C(N)=O)c2-c2ccc(CNCc3ccc(F)c(F)c3)s2)o1. The third-order valence-electron chi connectivity index (χ3n) is 7.02. The molecule has 3 heterocycles. The Bertz CT molecular complexity index is 1780. The Balaban J connectivity index is 1.57. The van der Waals surface area contributed by atoms with E-state index in [-0.39, 0.29) is 17.6 Å². The van der Waals surface area contributed by atoms with Crippen LogP contribution in [0.15, 0.2) is 59.0 Å². The Morgan fingerprint density at radius 2 is 1.66 bits per heavy atom. The summed E-state index contributed by atoms with van der Waals surface area (Å²) >= 11 is 1.46. The maximum atomic E-state index is 13.6. The lowest BCUT2D eigenvalue weighted by molar-refractivity contribution is 0.0999. The minimum absolute atomic E-state index is 0.189. The van der Waals surface area contributed by atoms with E-state index >= 15 is 0 Å². The minimum atomic E-state index is -0.893. The molecular formula is C33H32F3N5O2S. The maximum absolute atomic E-state index is 13.6. The number of rotatable bonds is 12. The molecule has 228 valence electrons. The van der Waals surface area contributed by atoms with Crippen LogP contribution in [0.2, 0.25) is 0 Å². The Kier molecular flexibility index (Phi) is 9.55. The van der Waals surface area contributed by atoms with Gasteiger partial charge in [-0.3, -0.25) is 9.78 Å². The first-order chi connectivity index (χ1) is 21.1. The van der Waals surface area contributed by atoms with Gasteiger partial charge in [-0.25, -0.2) is 13.2 Å². The van der Waals surface area contributed by atoms with Crippen LogP contribution in [0.4, 0.5) is 13.2 Å². The first kappa shape index (κ1) is 31.1. The van der Waals surface area contributed by atoms with Crippen molar-refractivity contribution in [2.24, 2.45) is 11.7 Å². The summed E-state index contributed by atoms with van der Waals surface area (Å²) in [5.41, 5.74) is 10.3. The molecule has 3 N–H and O–H groups in total. The Hall–Kier alpha value is -4.35. The molecule has 3 aromatic heterocycles. The highest BCUT2D eigenvalue weighted by molar-refractivity contribution is 7.15. The second-order valence-electron chi connectivity index (χ2n) is 11.0. The topological polar surface area (TPSA) is 107 Å². The molecule has 1 amide bonds. The van der Waals surface area contributed by atoms with Gasteiger partial charge in [-0.1, -0.05) is 32.0 Å². The summed E-state index contributed by atoms with van der Waals surface area (Å²) in [7, 11) is 0. The van der Waals surface area contributed by atoms with Crippen LogP contribution < -0.4 is 11.1 Å². The highest BCUT2D eigenvalue weighted by Gasteiger charge is 2.29. The smallest absolute Gasteiger partial charge is 0.251 e. The van der Waals surface area contributed by atoms with Gasteiger partial charge >= 0.3 is 0 Å². The van der Waals surface area contributed by atoms with E-state index < -0.39 is 17.5 Å². The zero-order valence-electron chi connectivity index (χ0n) is 24.6. The molecule has 44 heavy (non-hydrogen) atoms. The molecular weight excluding hydrogens is 587 g/mol. The Morgan fingerprint density at radius 3 is 2.32 bits per heavy atom. The monoisotopic (exact) mass is 619 g/mol. The van der Waals surface area contributed by atoms with Crippen molar-refractivity contribution in [3.8, 4) is 21.9 Å². The van der Waals surface area contributed by atoms with Gasteiger partial charge in [0.05, 0.1) is 22.5 Å². The molecule has 0 bridgehead atoms. The van der Waals surface area contributed by atoms with E-state index in [0.717, 1.165) is 21.4 Å². The number of thiophene rings is 1. The number of benzene rings is 2. The van der Waals surface area contributed by atoms with E-state index in [1.165, 1.54) is 35.6 Å². The van der Waals surface area contributed by atoms with E-state index in [9.17, 15) is 18.0 Å². The van der Waals surface area contributed by atoms with Crippen molar-refractivity contribution in [1.82, 2.24) is 20.5 Å². The number of hydrogen-bond acceptors (Lipinski definition) is 7. The van der Waals surface area contributed by atoms with Crippen LogP contribution in [-0.4, -0.2) is 21.1 Å². The predicted molar refractivity (Wildman–Crippen MR) is 163 cm³/mol. The predicted octanol–water partition coefficient (Wildman–Crippen LogP) is 6.96. The van der Waals surface area contributed by atoms with Gasteiger partial charge in [-0.2, -0.15) is 0 Å².